The lowest BCUT2D eigenvalue weighted by Gasteiger charge is -2.40. The molecule has 3 aromatic rings. The highest BCUT2D eigenvalue weighted by Gasteiger charge is 2.44. The Hall–Kier alpha value is -2.67. The first-order chi connectivity index (χ1) is 14.9. The lowest BCUT2D eigenvalue weighted by Crippen LogP contribution is -2.56. The molecule has 0 bridgehead atoms. The molecule has 1 aromatic carbocycles. The van der Waals surface area contributed by atoms with Gasteiger partial charge in [-0.25, -0.2) is 9.78 Å². The van der Waals surface area contributed by atoms with Crippen LogP contribution in [-0.2, 0) is 9.47 Å². The Balaban J connectivity index is 1.77. The van der Waals surface area contributed by atoms with E-state index in [0.717, 1.165) is 11.3 Å². The third-order valence-corrected chi connectivity index (χ3v) is 6.06. The summed E-state index contributed by atoms with van der Waals surface area (Å²) in [6.45, 7) is -0.568. The number of ether oxygens (including phenoxy) is 2. The summed E-state index contributed by atoms with van der Waals surface area (Å²) < 4.78 is 11.7. The van der Waals surface area contributed by atoms with Crippen molar-refractivity contribution in [2.24, 2.45) is 0 Å². The van der Waals surface area contributed by atoms with Crippen molar-refractivity contribution < 1.29 is 39.5 Å². The van der Waals surface area contributed by atoms with Crippen LogP contribution in [0.5, 0.6) is 0 Å². The molecule has 4 rings (SSSR count). The molecule has 5 atom stereocenters. The first-order valence-corrected chi connectivity index (χ1v) is 10.2. The highest BCUT2D eigenvalue weighted by Crippen LogP contribution is 2.34. The maximum Gasteiger partial charge on any atom is 0.357 e. The number of ketones is 1. The van der Waals surface area contributed by atoms with Crippen LogP contribution in [0.15, 0.2) is 35.8 Å². The second-order valence-corrected chi connectivity index (χ2v) is 7.90. The maximum atomic E-state index is 13.1. The average Bonchev–Trinajstić information content (AvgIpc) is 3.43. The topological polar surface area (TPSA) is 151 Å². The quantitative estimate of drug-likeness (QED) is 0.314. The van der Waals surface area contributed by atoms with Crippen molar-refractivity contribution in [1.82, 2.24) is 9.55 Å². The molecule has 1 aliphatic heterocycles. The summed E-state index contributed by atoms with van der Waals surface area (Å²) in [6, 6.07) is 6.88. The number of rotatable bonds is 5. The molecule has 0 radical (unpaired) electrons. The Morgan fingerprint density at radius 1 is 1.19 bits per heavy atom. The van der Waals surface area contributed by atoms with E-state index >= 15 is 0 Å². The van der Waals surface area contributed by atoms with Crippen LogP contribution in [0.2, 0.25) is 0 Å². The number of carbonyl (C=O) groups is 2. The van der Waals surface area contributed by atoms with Crippen molar-refractivity contribution in [1.29, 1.82) is 0 Å². The fourth-order valence-corrected chi connectivity index (χ4v) is 4.34. The number of benzene rings is 1. The molecule has 0 saturated carbocycles. The second kappa shape index (κ2) is 8.46. The highest BCUT2D eigenvalue weighted by atomic mass is 32.1. The lowest BCUT2D eigenvalue weighted by atomic mass is 9.98. The third-order valence-electron chi connectivity index (χ3n) is 5.22. The van der Waals surface area contributed by atoms with Crippen LogP contribution < -0.4 is 0 Å². The molecule has 0 spiro atoms. The summed E-state index contributed by atoms with van der Waals surface area (Å²) in [5.41, 5.74) is 0.798. The number of hydrogen-bond donors (Lipinski definition) is 4. The zero-order valence-corrected chi connectivity index (χ0v) is 17.1. The molecule has 0 amide bonds. The number of carbonyl (C=O) groups excluding carboxylic acids is 2. The van der Waals surface area contributed by atoms with Crippen molar-refractivity contribution in [2.45, 2.75) is 30.6 Å². The van der Waals surface area contributed by atoms with E-state index in [1.54, 1.807) is 24.3 Å². The van der Waals surface area contributed by atoms with Gasteiger partial charge in [0.05, 0.1) is 24.8 Å². The monoisotopic (exact) mass is 448 g/mol. The van der Waals surface area contributed by atoms with Crippen LogP contribution >= 0.6 is 11.3 Å². The molecule has 31 heavy (non-hydrogen) atoms. The molecule has 11 heteroatoms. The average molecular weight is 448 g/mol. The number of aromatic nitrogens is 2. The number of esters is 1. The van der Waals surface area contributed by atoms with Gasteiger partial charge in [0.2, 0.25) is 5.78 Å². The van der Waals surface area contributed by atoms with Crippen LogP contribution in [0, 0.1) is 0 Å². The van der Waals surface area contributed by atoms with Gasteiger partial charge in [-0.1, -0.05) is 18.2 Å². The zero-order chi connectivity index (χ0) is 22.3. The Labute approximate surface area is 179 Å². The summed E-state index contributed by atoms with van der Waals surface area (Å²) in [5.74, 6) is -1.10. The lowest BCUT2D eigenvalue weighted by molar-refractivity contribution is -0.250. The van der Waals surface area contributed by atoms with Gasteiger partial charge in [-0.05, 0) is 6.07 Å². The zero-order valence-electron chi connectivity index (χ0n) is 16.3. The molecule has 3 heterocycles. The summed E-state index contributed by atoms with van der Waals surface area (Å²) in [7, 11) is 1.22. The molecular weight excluding hydrogens is 428 g/mol. The van der Waals surface area contributed by atoms with Crippen molar-refractivity contribution in [3.8, 4) is 0 Å². The predicted octanol–water partition coefficient (Wildman–Crippen LogP) is 0.0878. The van der Waals surface area contributed by atoms with E-state index in [1.807, 2.05) is 0 Å². The molecule has 4 N–H and O–H groups in total. The van der Waals surface area contributed by atoms with Gasteiger partial charge in [-0.3, -0.25) is 4.79 Å². The van der Waals surface area contributed by atoms with Crippen molar-refractivity contribution in [3.05, 3.63) is 52.1 Å². The van der Waals surface area contributed by atoms with E-state index in [9.17, 15) is 30.0 Å². The number of hydrogen-bond acceptors (Lipinski definition) is 10. The summed E-state index contributed by atoms with van der Waals surface area (Å²) in [5, 5.41) is 42.2. The Morgan fingerprint density at radius 2 is 1.94 bits per heavy atom. The second-order valence-electron chi connectivity index (χ2n) is 7.05. The minimum atomic E-state index is -1.56. The standard InChI is InChI=1S/C20H20N2O8S/c1-29-20(28)11-8-31-18(21-11)14(24)10-6-22(12-5-3-2-4-9(10)12)19-17(27)16(26)15(25)13(7-23)30-19/h2-6,8,13,15-17,19,23,25-27H,7H2,1H3/t13?,15-,16?,17?,19?/m0/s1. The van der Waals surface area contributed by atoms with Crippen LogP contribution in [-0.4, -0.2) is 79.9 Å². The number of aliphatic hydroxyl groups is 4. The molecule has 4 unspecified atom stereocenters. The first-order valence-electron chi connectivity index (χ1n) is 9.36. The molecule has 1 aliphatic rings. The van der Waals surface area contributed by atoms with Crippen molar-refractivity contribution in [3.63, 3.8) is 0 Å². The van der Waals surface area contributed by atoms with Crippen LogP contribution in [0.1, 0.15) is 32.1 Å². The number of nitrogens with zero attached hydrogens (tertiary/aromatic N) is 2. The van der Waals surface area contributed by atoms with Gasteiger partial charge in [0, 0.05) is 17.0 Å². The SMILES string of the molecule is COC(=O)c1csc(C(=O)c2cn(C3OC(CO)[C@H](O)C(O)C3O)c3ccccc23)n1. The van der Waals surface area contributed by atoms with E-state index in [4.69, 9.17) is 4.74 Å². The number of thiazole rings is 1. The molecular formula is C20H20N2O8S. The van der Waals surface area contributed by atoms with Gasteiger partial charge in [-0.2, -0.15) is 0 Å². The van der Waals surface area contributed by atoms with E-state index in [1.165, 1.54) is 23.3 Å². The van der Waals surface area contributed by atoms with Gasteiger partial charge in [0.15, 0.2) is 16.9 Å². The summed E-state index contributed by atoms with van der Waals surface area (Å²) in [4.78, 5) is 28.9. The Morgan fingerprint density at radius 3 is 2.65 bits per heavy atom. The van der Waals surface area contributed by atoms with Gasteiger partial charge in [0.1, 0.15) is 24.4 Å². The first kappa shape index (κ1) is 21.6. The molecule has 1 saturated heterocycles. The highest BCUT2D eigenvalue weighted by molar-refractivity contribution is 7.12. The number of methoxy groups -OCH3 is 1. The van der Waals surface area contributed by atoms with E-state index in [0.29, 0.717) is 10.9 Å². The van der Waals surface area contributed by atoms with Gasteiger partial charge >= 0.3 is 5.97 Å². The van der Waals surface area contributed by atoms with Gasteiger partial charge in [0.25, 0.3) is 0 Å². The predicted molar refractivity (Wildman–Crippen MR) is 108 cm³/mol. The fraction of sp³-hybridized carbons (Fsp3) is 0.350. The van der Waals surface area contributed by atoms with Crippen LogP contribution in [0.25, 0.3) is 10.9 Å². The molecule has 0 aliphatic carbocycles. The van der Waals surface area contributed by atoms with Crippen molar-refractivity contribution in [2.75, 3.05) is 13.7 Å². The van der Waals surface area contributed by atoms with Gasteiger partial charge < -0.3 is 34.5 Å². The summed E-state index contributed by atoms with van der Waals surface area (Å²) >= 11 is 0.997. The number of fused-ring (bicyclic) bond motifs is 1. The minimum absolute atomic E-state index is 0.0218. The van der Waals surface area contributed by atoms with E-state index < -0.39 is 49.0 Å². The van der Waals surface area contributed by atoms with Crippen LogP contribution in [0.4, 0.5) is 0 Å². The number of para-hydroxylation sites is 1. The normalized spacial score (nSPS) is 26.2. The van der Waals surface area contributed by atoms with Gasteiger partial charge in [-0.15, -0.1) is 11.3 Å². The molecule has 1 fully saturated rings. The van der Waals surface area contributed by atoms with Crippen LogP contribution in [0.3, 0.4) is 0 Å². The Bertz CT molecular complexity index is 1120. The maximum absolute atomic E-state index is 13.1. The fourth-order valence-electron chi connectivity index (χ4n) is 3.60. The van der Waals surface area contributed by atoms with E-state index in [2.05, 4.69) is 9.72 Å². The molecule has 164 valence electrons. The minimum Gasteiger partial charge on any atom is -0.464 e. The Kier molecular flexibility index (Phi) is 5.88. The third kappa shape index (κ3) is 3.65. The van der Waals surface area contributed by atoms with E-state index in [-0.39, 0.29) is 16.3 Å². The molecule has 10 nitrogen and oxygen atoms in total. The number of aliphatic hydroxyl groups excluding tert-OH is 4. The summed E-state index contributed by atoms with van der Waals surface area (Å²) in [6.07, 6.45) is -5.36. The smallest absolute Gasteiger partial charge is 0.357 e. The largest absolute Gasteiger partial charge is 0.464 e. The van der Waals surface area contributed by atoms with Crippen molar-refractivity contribution >= 4 is 34.0 Å². The molecule has 2 aromatic heterocycles.